The Morgan fingerprint density at radius 3 is 2.62 bits per heavy atom. The van der Waals surface area contributed by atoms with Gasteiger partial charge in [-0.1, -0.05) is 30.3 Å². The van der Waals surface area contributed by atoms with Crippen molar-refractivity contribution in [3.05, 3.63) is 60.2 Å². The number of carbonyl (C=O) groups excluding carboxylic acids is 1. The number of ether oxygens (including phenoxy) is 2. The Balaban J connectivity index is 1.28. The van der Waals surface area contributed by atoms with Crippen LogP contribution in [0.25, 0.3) is 0 Å². The summed E-state index contributed by atoms with van der Waals surface area (Å²) >= 11 is 0. The summed E-state index contributed by atoms with van der Waals surface area (Å²) in [7, 11) is 0. The molecule has 2 aromatic rings. The zero-order chi connectivity index (χ0) is 20.1. The standard InChI is InChI=1S/C24H30N2O3/c1-19(27)25-17-23-10-11-24(29-23)12-14-26(15-13-24)18-20-6-5-9-22(16-20)28-21-7-3-2-4-8-21/h2-9,16,23H,10-15,17-18H2,1H3,(H,25,27)/t23-/m0/s1. The molecule has 5 nitrogen and oxygen atoms in total. The zero-order valence-corrected chi connectivity index (χ0v) is 17.1. The number of amides is 1. The van der Waals surface area contributed by atoms with Gasteiger partial charge < -0.3 is 14.8 Å². The molecule has 2 aliphatic rings. The largest absolute Gasteiger partial charge is 0.457 e. The third-order valence-electron chi connectivity index (χ3n) is 5.97. The fourth-order valence-electron chi connectivity index (χ4n) is 4.37. The number of nitrogens with zero attached hydrogens (tertiary/aromatic N) is 1. The van der Waals surface area contributed by atoms with Gasteiger partial charge in [0.1, 0.15) is 11.5 Å². The molecule has 0 saturated carbocycles. The van der Waals surface area contributed by atoms with Crippen molar-refractivity contribution in [1.29, 1.82) is 0 Å². The second kappa shape index (κ2) is 8.97. The van der Waals surface area contributed by atoms with Crippen LogP contribution in [0.2, 0.25) is 0 Å². The van der Waals surface area contributed by atoms with E-state index in [2.05, 4.69) is 28.4 Å². The minimum Gasteiger partial charge on any atom is -0.457 e. The summed E-state index contributed by atoms with van der Waals surface area (Å²) < 4.78 is 12.3. The van der Waals surface area contributed by atoms with Crippen LogP contribution in [0.4, 0.5) is 0 Å². The summed E-state index contributed by atoms with van der Waals surface area (Å²) in [5.74, 6) is 1.75. The summed E-state index contributed by atoms with van der Waals surface area (Å²) in [4.78, 5) is 13.6. The minimum absolute atomic E-state index is 0.0118. The molecule has 0 bridgehead atoms. The highest BCUT2D eigenvalue weighted by molar-refractivity contribution is 5.72. The lowest BCUT2D eigenvalue weighted by atomic mass is 9.88. The fourth-order valence-corrected chi connectivity index (χ4v) is 4.37. The topological polar surface area (TPSA) is 50.8 Å². The molecule has 5 heteroatoms. The van der Waals surface area contributed by atoms with E-state index in [1.807, 2.05) is 36.4 Å². The van der Waals surface area contributed by atoms with Crippen LogP contribution in [-0.4, -0.2) is 42.1 Å². The molecule has 2 aliphatic heterocycles. The number of benzene rings is 2. The Labute approximate surface area is 173 Å². The van der Waals surface area contributed by atoms with Crippen molar-refractivity contribution in [2.45, 2.75) is 50.9 Å². The van der Waals surface area contributed by atoms with Gasteiger partial charge in [0.15, 0.2) is 0 Å². The van der Waals surface area contributed by atoms with Gasteiger partial charge in [0.05, 0.1) is 11.7 Å². The van der Waals surface area contributed by atoms with Crippen LogP contribution in [0.5, 0.6) is 11.5 Å². The first kappa shape index (κ1) is 19.9. The molecule has 1 amide bonds. The van der Waals surface area contributed by atoms with Gasteiger partial charge >= 0.3 is 0 Å². The van der Waals surface area contributed by atoms with Crippen LogP contribution >= 0.6 is 0 Å². The number of hydrogen-bond acceptors (Lipinski definition) is 4. The highest BCUT2D eigenvalue weighted by atomic mass is 16.5. The first-order valence-electron chi connectivity index (χ1n) is 10.6. The lowest BCUT2D eigenvalue weighted by Gasteiger charge is -2.39. The number of nitrogens with one attached hydrogen (secondary N) is 1. The lowest BCUT2D eigenvalue weighted by Crippen LogP contribution is -2.44. The van der Waals surface area contributed by atoms with Crippen molar-refractivity contribution < 1.29 is 14.3 Å². The lowest BCUT2D eigenvalue weighted by molar-refractivity contribution is -0.120. The summed E-state index contributed by atoms with van der Waals surface area (Å²) in [6.45, 7) is 5.20. The van der Waals surface area contributed by atoms with Crippen molar-refractivity contribution in [2.24, 2.45) is 0 Å². The molecule has 0 radical (unpaired) electrons. The van der Waals surface area contributed by atoms with E-state index in [1.54, 1.807) is 6.92 Å². The molecule has 0 aliphatic carbocycles. The SMILES string of the molecule is CC(=O)NC[C@@H]1CCC2(CCN(Cc3cccc(Oc4ccccc4)c3)CC2)O1. The Bertz CT molecular complexity index is 816. The summed E-state index contributed by atoms with van der Waals surface area (Å²) in [6.07, 6.45) is 4.43. The monoisotopic (exact) mass is 394 g/mol. The molecule has 29 heavy (non-hydrogen) atoms. The van der Waals surface area contributed by atoms with Gasteiger partial charge in [-0.05, 0) is 55.5 Å². The molecular weight excluding hydrogens is 364 g/mol. The van der Waals surface area contributed by atoms with Gasteiger partial charge in [-0.2, -0.15) is 0 Å². The molecule has 1 spiro atoms. The molecule has 1 atom stereocenters. The first-order valence-corrected chi connectivity index (χ1v) is 10.6. The van der Waals surface area contributed by atoms with Crippen molar-refractivity contribution >= 4 is 5.91 Å². The van der Waals surface area contributed by atoms with Gasteiger partial charge in [-0.25, -0.2) is 0 Å². The van der Waals surface area contributed by atoms with Crippen LogP contribution < -0.4 is 10.1 Å². The van der Waals surface area contributed by atoms with E-state index in [4.69, 9.17) is 9.47 Å². The summed E-state index contributed by atoms with van der Waals surface area (Å²) in [6, 6.07) is 18.3. The highest BCUT2D eigenvalue weighted by Gasteiger charge is 2.42. The minimum atomic E-state index is 0.0118. The van der Waals surface area contributed by atoms with Gasteiger partial charge in [0, 0.05) is 33.1 Å². The predicted octanol–water partition coefficient (Wildman–Crippen LogP) is 4.13. The average molecular weight is 395 g/mol. The van der Waals surface area contributed by atoms with Crippen molar-refractivity contribution in [3.63, 3.8) is 0 Å². The highest BCUT2D eigenvalue weighted by Crippen LogP contribution is 2.39. The van der Waals surface area contributed by atoms with Gasteiger partial charge in [-0.15, -0.1) is 0 Å². The maximum Gasteiger partial charge on any atom is 0.216 e. The molecule has 154 valence electrons. The van der Waals surface area contributed by atoms with E-state index in [-0.39, 0.29) is 17.6 Å². The number of piperidine rings is 1. The summed E-state index contributed by atoms with van der Waals surface area (Å²) in [5, 5.41) is 2.89. The Morgan fingerprint density at radius 1 is 1.10 bits per heavy atom. The summed E-state index contributed by atoms with van der Waals surface area (Å²) in [5.41, 5.74) is 1.28. The zero-order valence-electron chi connectivity index (χ0n) is 17.1. The molecule has 4 rings (SSSR count). The van der Waals surface area contributed by atoms with Crippen molar-refractivity contribution in [3.8, 4) is 11.5 Å². The third kappa shape index (κ3) is 5.37. The Kier molecular flexibility index (Phi) is 6.16. The van der Waals surface area contributed by atoms with E-state index in [1.165, 1.54) is 5.56 Å². The van der Waals surface area contributed by atoms with Crippen LogP contribution in [0.3, 0.4) is 0 Å². The predicted molar refractivity (Wildman–Crippen MR) is 113 cm³/mol. The quantitative estimate of drug-likeness (QED) is 0.800. The molecule has 1 N–H and O–H groups in total. The maximum atomic E-state index is 11.1. The van der Waals surface area contributed by atoms with E-state index >= 15 is 0 Å². The maximum absolute atomic E-state index is 11.1. The normalized spacial score (nSPS) is 21.2. The smallest absolute Gasteiger partial charge is 0.216 e. The van der Waals surface area contributed by atoms with Crippen LogP contribution in [0.1, 0.15) is 38.2 Å². The number of hydrogen-bond donors (Lipinski definition) is 1. The number of likely N-dealkylation sites (tertiary alicyclic amines) is 1. The molecule has 0 aromatic heterocycles. The second-order valence-corrected chi connectivity index (χ2v) is 8.24. The molecule has 2 fully saturated rings. The van der Waals surface area contributed by atoms with E-state index in [0.29, 0.717) is 6.54 Å². The average Bonchev–Trinajstić information content (AvgIpc) is 3.12. The molecule has 2 aromatic carbocycles. The second-order valence-electron chi connectivity index (χ2n) is 8.24. The third-order valence-corrected chi connectivity index (χ3v) is 5.97. The first-order chi connectivity index (χ1) is 14.1. The molecule has 2 saturated heterocycles. The van der Waals surface area contributed by atoms with Crippen molar-refractivity contribution in [2.75, 3.05) is 19.6 Å². The number of carbonyl (C=O) groups is 1. The number of para-hydroxylation sites is 1. The Morgan fingerprint density at radius 2 is 1.86 bits per heavy atom. The van der Waals surface area contributed by atoms with E-state index in [0.717, 1.165) is 56.8 Å². The van der Waals surface area contributed by atoms with Crippen LogP contribution in [0, 0.1) is 0 Å². The van der Waals surface area contributed by atoms with Crippen LogP contribution in [0.15, 0.2) is 54.6 Å². The van der Waals surface area contributed by atoms with Gasteiger partial charge in [-0.3, -0.25) is 9.69 Å². The van der Waals surface area contributed by atoms with E-state index in [9.17, 15) is 4.79 Å². The fraction of sp³-hybridized carbons (Fsp3) is 0.458. The number of rotatable bonds is 6. The van der Waals surface area contributed by atoms with Crippen LogP contribution in [-0.2, 0) is 16.1 Å². The molecular formula is C24H30N2O3. The molecule has 0 unspecified atom stereocenters. The van der Waals surface area contributed by atoms with Crippen molar-refractivity contribution in [1.82, 2.24) is 10.2 Å². The van der Waals surface area contributed by atoms with Gasteiger partial charge in [0.2, 0.25) is 5.91 Å². The van der Waals surface area contributed by atoms with E-state index < -0.39 is 0 Å². The Hall–Kier alpha value is -2.37. The van der Waals surface area contributed by atoms with Gasteiger partial charge in [0.25, 0.3) is 0 Å². The molecule has 2 heterocycles.